The van der Waals surface area contributed by atoms with E-state index in [1.54, 1.807) is 24.0 Å². The summed E-state index contributed by atoms with van der Waals surface area (Å²) in [6.45, 7) is 3.29. The minimum atomic E-state index is -0.275. The predicted molar refractivity (Wildman–Crippen MR) is 80.7 cm³/mol. The van der Waals surface area contributed by atoms with Crippen molar-refractivity contribution in [3.8, 4) is 0 Å². The van der Waals surface area contributed by atoms with E-state index in [4.69, 9.17) is 4.74 Å². The highest BCUT2D eigenvalue weighted by Gasteiger charge is 2.28. The van der Waals surface area contributed by atoms with Crippen LogP contribution in [0.2, 0.25) is 0 Å². The van der Waals surface area contributed by atoms with Crippen molar-refractivity contribution in [2.45, 2.75) is 32.6 Å². The third kappa shape index (κ3) is 4.55. The molecule has 1 fully saturated rings. The Morgan fingerprint density at radius 2 is 2.05 bits per heavy atom. The van der Waals surface area contributed by atoms with Gasteiger partial charge in [0, 0.05) is 19.5 Å². The lowest BCUT2D eigenvalue weighted by Gasteiger charge is -2.31. The molecule has 0 N–H and O–H groups in total. The molecule has 0 spiro atoms. The summed E-state index contributed by atoms with van der Waals surface area (Å²) in [6.07, 6.45) is 2.56. The molecule has 22 heavy (non-hydrogen) atoms. The van der Waals surface area contributed by atoms with Crippen molar-refractivity contribution in [1.82, 2.24) is 4.90 Å². The molecule has 120 valence electrons. The summed E-state index contributed by atoms with van der Waals surface area (Å²) in [7, 11) is 0. The fourth-order valence-corrected chi connectivity index (χ4v) is 2.72. The standard InChI is InChI=1S/C17H22FNO3/c1-2-22-17(21)14-4-3-11-19(12-14)16(20)10-7-13-5-8-15(18)9-6-13/h5-6,8-9,14H,2-4,7,10-12H2,1H3. The number of hydrogen-bond acceptors (Lipinski definition) is 3. The topological polar surface area (TPSA) is 46.6 Å². The number of benzene rings is 1. The first-order valence-electron chi connectivity index (χ1n) is 7.79. The van der Waals surface area contributed by atoms with E-state index >= 15 is 0 Å². The number of halogens is 1. The molecule has 1 atom stereocenters. The molecule has 1 aromatic rings. The molecule has 2 rings (SSSR count). The maximum Gasteiger partial charge on any atom is 0.310 e. The van der Waals surface area contributed by atoms with Crippen molar-refractivity contribution < 1.29 is 18.7 Å². The Kier molecular flexibility index (Phi) is 5.92. The SMILES string of the molecule is CCOC(=O)C1CCCN(C(=O)CCc2ccc(F)cc2)C1. The number of likely N-dealkylation sites (tertiary alicyclic amines) is 1. The number of ether oxygens (including phenoxy) is 1. The van der Waals surface area contributed by atoms with E-state index in [2.05, 4.69) is 0 Å². The number of piperidine rings is 1. The lowest BCUT2D eigenvalue weighted by Crippen LogP contribution is -2.42. The van der Waals surface area contributed by atoms with Crippen molar-refractivity contribution in [1.29, 1.82) is 0 Å². The Morgan fingerprint density at radius 1 is 1.32 bits per heavy atom. The third-order valence-electron chi connectivity index (χ3n) is 3.93. The van der Waals surface area contributed by atoms with Gasteiger partial charge < -0.3 is 9.64 Å². The highest BCUT2D eigenvalue weighted by atomic mass is 19.1. The van der Waals surface area contributed by atoms with Gasteiger partial charge in [-0.05, 0) is 43.9 Å². The zero-order valence-corrected chi connectivity index (χ0v) is 12.9. The Balaban J connectivity index is 1.83. The largest absolute Gasteiger partial charge is 0.466 e. The molecule has 1 aliphatic heterocycles. The van der Waals surface area contributed by atoms with Crippen molar-refractivity contribution in [3.05, 3.63) is 35.6 Å². The van der Waals surface area contributed by atoms with Crippen molar-refractivity contribution >= 4 is 11.9 Å². The van der Waals surface area contributed by atoms with E-state index in [0.29, 0.717) is 32.5 Å². The second-order valence-electron chi connectivity index (χ2n) is 5.56. The summed E-state index contributed by atoms with van der Waals surface area (Å²) in [6, 6.07) is 6.19. The van der Waals surface area contributed by atoms with Gasteiger partial charge in [0.25, 0.3) is 0 Å². The van der Waals surface area contributed by atoms with Crippen LogP contribution in [-0.2, 0) is 20.7 Å². The van der Waals surface area contributed by atoms with Crippen molar-refractivity contribution in [2.24, 2.45) is 5.92 Å². The van der Waals surface area contributed by atoms with E-state index in [-0.39, 0.29) is 23.6 Å². The lowest BCUT2D eigenvalue weighted by atomic mass is 9.97. The molecule has 1 aliphatic rings. The monoisotopic (exact) mass is 307 g/mol. The van der Waals surface area contributed by atoms with Crippen LogP contribution >= 0.6 is 0 Å². The van der Waals surface area contributed by atoms with Crippen LogP contribution in [0.1, 0.15) is 31.7 Å². The molecule has 1 aromatic carbocycles. The molecule has 1 heterocycles. The average Bonchev–Trinajstić information content (AvgIpc) is 2.54. The van der Waals surface area contributed by atoms with Crippen molar-refractivity contribution in [2.75, 3.05) is 19.7 Å². The van der Waals surface area contributed by atoms with Gasteiger partial charge in [0.2, 0.25) is 5.91 Å². The maximum absolute atomic E-state index is 12.8. The second-order valence-corrected chi connectivity index (χ2v) is 5.56. The van der Waals surface area contributed by atoms with E-state index in [1.165, 1.54) is 12.1 Å². The summed E-state index contributed by atoms with van der Waals surface area (Å²) in [5.41, 5.74) is 0.939. The predicted octanol–water partition coefficient (Wildman–Crippen LogP) is 2.56. The summed E-state index contributed by atoms with van der Waals surface area (Å²) < 4.78 is 17.9. The molecule has 4 nitrogen and oxygen atoms in total. The molecular formula is C17H22FNO3. The van der Waals surface area contributed by atoms with Crippen LogP contribution < -0.4 is 0 Å². The van der Waals surface area contributed by atoms with Gasteiger partial charge in [0.15, 0.2) is 0 Å². The van der Waals surface area contributed by atoms with Gasteiger partial charge in [-0.25, -0.2) is 4.39 Å². The Labute approximate surface area is 130 Å². The highest BCUT2D eigenvalue weighted by molar-refractivity contribution is 5.78. The normalized spacial score (nSPS) is 18.1. The number of esters is 1. The zero-order chi connectivity index (χ0) is 15.9. The van der Waals surface area contributed by atoms with Crippen LogP contribution in [0, 0.1) is 11.7 Å². The third-order valence-corrected chi connectivity index (χ3v) is 3.93. The number of carbonyl (C=O) groups is 2. The first kappa shape index (κ1) is 16.5. The quantitative estimate of drug-likeness (QED) is 0.785. The van der Waals surface area contributed by atoms with Crippen LogP contribution in [0.4, 0.5) is 4.39 Å². The number of aryl methyl sites for hydroxylation is 1. The minimum Gasteiger partial charge on any atom is -0.466 e. The molecule has 0 saturated carbocycles. The summed E-state index contributed by atoms with van der Waals surface area (Å²) in [5, 5.41) is 0. The first-order valence-corrected chi connectivity index (χ1v) is 7.79. The van der Waals surface area contributed by atoms with E-state index in [9.17, 15) is 14.0 Å². The van der Waals surface area contributed by atoms with Crippen molar-refractivity contribution in [3.63, 3.8) is 0 Å². The number of rotatable bonds is 5. The average molecular weight is 307 g/mol. The fraction of sp³-hybridized carbons (Fsp3) is 0.529. The molecule has 1 amide bonds. The van der Waals surface area contributed by atoms with Crippen LogP contribution in [0.5, 0.6) is 0 Å². The van der Waals surface area contributed by atoms with Gasteiger partial charge in [0.05, 0.1) is 12.5 Å². The van der Waals surface area contributed by atoms with Crippen LogP contribution in [-0.4, -0.2) is 36.5 Å². The minimum absolute atomic E-state index is 0.0401. The van der Waals surface area contributed by atoms with Gasteiger partial charge in [-0.1, -0.05) is 12.1 Å². The van der Waals surface area contributed by atoms with E-state index in [0.717, 1.165) is 18.4 Å². The number of nitrogens with zero attached hydrogens (tertiary/aromatic N) is 1. The fourth-order valence-electron chi connectivity index (χ4n) is 2.72. The smallest absolute Gasteiger partial charge is 0.310 e. The lowest BCUT2D eigenvalue weighted by molar-refractivity contribution is -0.151. The summed E-state index contributed by atoms with van der Waals surface area (Å²) in [4.78, 5) is 25.8. The van der Waals surface area contributed by atoms with Gasteiger partial charge in [0.1, 0.15) is 5.82 Å². The van der Waals surface area contributed by atoms with Crippen LogP contribution in [0.3, 0.4) is 0 Å². The maximum atomic E-state index is 12.8. The van der Waals surface area contributed by atoms with E-state index in [1.807, 2.05) is 0 Å². The summed E-state index contributed by atoms with van der Waals surface area (Å²) in [5.74, 6) is -0.649. The number of hydrogen-bond donors (Lipinski definition) is 0. The molecule has 0 aromatic heterocycles. The van der Waals surface area contributed by atoms with Gasteiger partial charge in [-0.15, -0.1) is 0 Å². The molecule has 5 heteroatoms. The van der Waals surface area contributed by atoms with E-state index < -0.39 is 0 Å². The molecule has 0 radical (unpaired) electrons. The second kappa shape index (κ2) is 7.92. The highest BCUT2D eigenvalue weighted by Crippen LogP contribution is 2.19. The zero-order valence-electron chi connectivity index (χ0n) is 12.9. The molecule has 1 saturated heterocycles. The molecule has 0 bridgehead atoms. The molecule has 0 aliphatic carbocycles. The molecule has 1 unspecified atom stereocenters. The summed E-state index contributed by atoms with van der Waals surface area (Å²) >= 11 is 0. The molecular weight excluding hydrogens is 285 g/mol. The van der Waals surface area contributed by atoms with Gasteiger partial charge in [-0.3, -0.25) is 9.59 Å². The Bertz CT molecular complexity index is 515. The van der Waals surface area contributed by atoms with Crippen LogP contribution in [0.25, 0.3) is 0 Å². The first-order chi connectivity index (χ1) is 10.6. The Morgan fingerprint density at radius 3 is 2.73 bits per heavy atom. The number of amides is 1. The van der Waals surface area contributed by atoms with Gasteiger partial charge >= 0.3 is 5.97 Å². The number of carbonyl (C=O) groups excluding carboxylic acids is 2. The van der Waals surface area contributed by atoms with Crippen LogP contribution in [0.15, 0.2) is 24.3 Å². The van der Waals surface area contributed by atoms with Gasteiger partial charge in [-0.2, -0.15) is 0 Å². The Hall–Kier alpha value is -1.91.